The average molecular weight is 452 g/mol. The highest BCUT2D eigenvalue weighted by atomic mass is 35.5. The van der Waals surface area contributed by atoms with Crippen molar-refractivity contribution in [2.24, 2.45) is 5.10 Å². The molecule has 30 heavy (non-hydrogen) atoms. The summed E-state index contributed by atoms with van der Waals surface area (Å²) in [5.74, 6) is 0.735. The smallest absolute Gasteiger partial charge is 0.342 e. The van der Waals surface area contributed by atoms with Crippen LogP contribution in [-0.2, 0) is 9.59 Å². The minimum Gasteiger partial charge on any atom is -0.454 e. The molecule has 0 bridgehead atoms. The van der Waals surface area contributed by atoms with Crippen LogP contribution in [-0.4, -0.2) is 31.4 Å². The van der Waals surface area contributed by atoms with Gasteiger partial charge in [-0.25, -0.2) is 4.79 Å². The predicted molar refractivity (Wildman–Crippen MR) is 119 cm³/mol. The normalized spacial score (nSPS) is 15.3. The minimum atomic E-state index is -0.582. The number of benzene rings is 1. The van der Waals surface area contributed by atoms with Crippen molar-refractivity contribution in [1.82, 2.24) is 5.32 Å². The lowest BCUT2D eigenvalue weighted by Crippen LogP contribution is -2.34. The van der Waals surface area contributed by atoms with Crippen molar-refractivity contribution < 1.29 is 19.1 Å². The van der Waals surface area contributed by atoms with E-state index in [1.807, 2.05) is 6.92 Å². The van der Waals surface area contributed by atoms with Crippen LogP contribution in [0.5, 0.6) is 5.75 Å². The molecule has 0 fully saturated rings. The van der Waals surface area contributed by atoms with Gasteiger partial charge >= 0.3 is 6.03 Å². The number of hydrazone groups is 1. The molecule has 1 N–H and O–H groups in total. The van der Waals surface area contributed by atoms with Gasteiger partial charge in [-0.2, -0.15) is 10.1 Å². The number of nitrogens with zero attached hydrogens (tertiary/aromatic N) is 2. The van der Waals surface area contributed by atoms with Crippen LogP contribution >= 0.6 is 23.2 Å². The minimum absolute atomic E-state index is 0.0348. The van der Waals surface area contributed by atoms with E-state index in [2.05, 4.69) is 10.4 Å². The topological polar surface area (TPSA) is 88.1 Å². The zero-order chi connectivity index (χ0) is 22.1. The molecular weight excluding hydrogens is 429 g/mol. The molecule has 0 atom stereocenters. The maximum atomic E-state index is 12.1. The number of amides is 2. The van der Waals surface area contributed by atoms with Crippen LogP contribution in [0.1, 0.15) is 39.0 Å². The first-order valence-corrected chi connectivity index (χ1v) is 10.2. The van der Waals surface area contributed by atoms with Gasteiger partial charge in [0, 0.05) is 13.5 Å². The summed E-state index contributed by atoms with van der Waals surface area (Å²) in [5, 5.41) is 7.44. The summed E-state index contributed by atoms with van der Waals surface area (Å²) in [6, 6.07) is 2.32. The molecule has 0 saturated carbocycles. The van der Waals surface area contributed by atoms with Crippen molar-refractivity contribution in [2.45, 2.75) is 39.0 Å². The Kier molecular flexibility index (Phi) is 9.08. The number of rotatable bonds is 5. The van der Waals surface area contributed by atoms with Gasteiger partial charge in [0.25, 0.3) is 0 Å². The predicted octanol–water partition coefficient (Wildman–Crippen LogP) is 5.07. The molecule has 2 amide bonds. The number of carbonyl (C=O) groups excluding carboxylic acids is 3. The molecule has 1 aromatic carbocycles. The number of urea groups is 1. The van der Waals surface area contributed by atoms with Gasteiger partial charge in [0.05, 0.1) is 21.9 Å². The van der Waals surface area contributed by atoms with E-state index in [9.17, 15) is 14.4 Å². The van der Waals surface area contributed by atoms with Crippen LogP contribution in [0.3, 0.4) is 0 Å². The zero-order valence-corrected chi connectivity index (χ0v) is 18.3. The number of allylic oxidation sites excluding steroid dienone is 3. The largest absolute Gasteiger partial charge is 0.454 e. The van der Waals surface area contributed by atoms with E-state index in [0.717, 1.165) is 42.5 Å². The molecule has 0 heterocycles. The number of hydrogen-bond donors (Lipinski definition) is 1. The summed E-state index contributed by atoms with van der Waals surface area (Å²) in [4.78, 5) is 34.6. The lowest BCUT2D eigenvalue weighted by Gasteiger charge is -2.19. The summed E-state index contributed by atoms with van der Waals surface area (Å²) in [7, 11) is 1.43. The Morgan fingerprint density at radius 1 is 1.17 bits per heavy atom. The molecule has 1 aliphatic rings. The highest BCUT2D eigenvalue weighted by Crippen LogP contribution is 2.39. The number of ether oxygens (including phenoxy) is 1. The fourth-order valence-electron chi connectivity index (χ4n) is 2.82. The summed E-state index contributed by atoms with van der Waals surface area (Å²) in [5.41, 5.74) is 1.22. The molecule has 1 aromatic rings. The summed E-state index contributed by atoms with van der Waals surface area (Å²) >= 11 is 12.8. The second-order valence-electron chi connectivity index (χ2n) is 6.61. The molecule has 9 heteroatoms. The van der Waals surface area contributed by atoms with Gasteiger partial charge in [-0.15, -0.1) is 0 Å². The maximum absolute atomic E-state index is 12.1. The summed E-state index contributed by atoms with van der Waals surface area (Å²) in [6.45, 7) is 1.93. The van der Waals surface area contributed by atoms with Gasteiger partial charge < -0.3 is 10.1 Å². The van der Waals surface area contributed by atoms with Crippen LogP contribution in [0, 0.1) is 0 Å². The Hall–Kier alpha value is -2.64. The van der Waals surface area contributed by atoms with Crippen LogP contribution < -0.4 is 15.1 Å². The molecule has 0 radical (unpaired) electrons. The second-order valence-corrected chi connectivity index (χ2v) is 7.43. The fourth-order valence-corrected chi connectivity index (χ4v) is 3.37. The maximum Gasteiger partial charge on any atom is 0.342 e. The monoisotopic (exact) mass is 451 g/mol. The number of anilines is 1. The molecule has 0 aromatic heterocycles. The van der Waals surface area contributed by atoms with Gasteiger partial charge in [0.1, 0.15) is 5.76 Å². The average Bonchev–Trinajstić information content (AvgIpc) is 2.72. The van der Waals surface area contributed by atoms with E-state index < -0.39 is 6.03 Å². The van der Waals surface area contributed by atoms with E-state index in [4.69, 9.17) is 27.9 Å². The molecule has 1 aliphatic carbocycles. The van der Waals surface area contributed by atoms with E-state index in [-0.39, 0.29) is 27.3 Å². The Balaban J connectivity index is 2.40. The van der Waals surface area contributed by atoms with E-state index in [0.29, 0.717) is 18.5 Å². The van der Waals surface area contributed by atoms with Crippen molar-refractivity contribution in [3.8, 4) is 5.75 Å². The van der Waals surface area contributed by atoms with Gasteiger partial charge in [0.2, 0.25) is 0 Å². The molecule has 160 valence electrons. The molecule has 0 spiro atoms. The number of aldehydes is 1. The number of ketones is 1. The highest BCUT2D eigenvalue weighted by molar-refractivity contribution is 6.37. The van der Waals surface area contributed by atoms with Gasteiger partial charge in [-0.3, -0.25) is 9.59 Å². The van der Waals surface area contributed by atoms with Crippen LogP contribution in [0.15, 0.2) is 40.7 Å². The van der Waals surface area contributed by atoms with Crippen LogP contribution in [0.4, 0.5) is 10.5 Å². The molecule has 0 aliphatic heterocycles. The first-order chi connectivity index (χ1) is 14.4. The SMILES string of the molecule is CNC(=O)N(/N=C\C=O)c1cc(Cl)c(OC2=C(C)CCCCCC(=O)C=C2)c(Cl)c1. The summed E-state index contributed by atoms with van der Waals surface area (Å²) < 4.78 is 5.98. The Morgan fingerprint density at radius 2 is 1.83 bits per heavy atom. The van der Waals surface area contributed by atoms with Crippen molar-refractivity contribution in [2.75, 3.05) is 12.1 Å². The zero-order valence-electron chi connectivity index (χ0n) is 16.8. The van der Waals surface area contributed by atoms with Crippen LogP contribution in [0.25, 0.3) is 0 Å². The Morgan fingerprint density at radius 3 is 2.47 bits per heavy atom. The van der Waals surface area contributed by atoms with Crippen molar-refractivity contribution >= 4 is 53.2 Å². The third-order valence-electron chi connectivity index (χ3n) is 4.41. The Bertz CT molecular complexity index is 887. The number of carbonyl (C=O) groups is 3. The third kappa shape index (κ3) is 6.43. The van der Waals surface area contributed by atoms with E-state index in [1.54, 1.807) is 6.08 Å². The first-order valence-electron chi connectivity index (χ1n) is 9.44. The highest BCUT2D eigenvalue weighted by Gasteiger charge is 2.19. The van der Waals surface area contributed by atoms with Gasteiger partial charge in [-0.05, 0) is 56.0 Å². The first kappa shape index (κ1) is 23.6. The van der Waals surface area contributed by atoms with Crippen LogP contribution in [0.2, 0.25) is 10.0 Å². The summed E-state index contributed by atoms with van der Waals surface area (Å²) in [6.07, 6.45) is 8.64. The fraction of sp³-hybridized carbons (Fsp3) is 0.333. The van der Waals surface area contributed by atoms with Crippen molar-refractivity contribution in [3.05, 3.63) is 45.7 Å². The standard InChI is InChI=1S/C21H23Cl2N3O4/c1-14-6-4-3-5-7-16(28)8-9-19(14)30-20-17(22)12-15(13-18(20)23)26(21(29)24-2)25-10-11-27/h8-13H,3-7H2,1-2H3,(H,24,29)/b9-8?,19-14?,25-10-. The number of nitrogens with one attached hydrogen (secondary N) is 1. The lowest BCUT2D eigenvalue weighted by molar-refractivity contribution is -0.114. The molecule has 0 unspecified atom stereocenters. The lowest BCUT2D eigenvalue weighted by atomic mass is 10.0. The van der Waals surface area contributed by atoms with E-state index in [1.165, 1.54) is 25.3 Å². The van der Waals surface area contributed by atoms with Gasteiger partial charge in [0.15, 0.2) is 17.8 Å². The molecule has 7 nitrogen and oxygen atoms in total. The van der Waals surface area contributed by atoms with E-state index >= 15 is 0 Å². The molecule has 0 saturated heterocycles. The number of halogens is 2. The Labute approximate surface area is 185 Å². The van der Waals surface area contributed by atoms with Gasteiger partial charge in [-0.1, -0.05) is 29.6 Å². The third-order valence-corrected chi connectivity index (χ3v) is 4.97. The van der Waals surface area contributed by atoms with Crippen molar-refractivity contribution in [1.29, 1.82) is 0 Å². The second kappa shape index (κ2) is 11.5. The van der Waals surface area contributed by atoms with Crippen molar-refractivity contribution in [3.63, 3.8) is 0 Å². The number of hydrogen-bond acceptors (Lipinski definition) is 5. The molecule has 2 rings (SSSR count). The quantitative estimate of drug-likeness (QED) is 0.384. The molecular formula is C21H23Cl2N3O4.